The highest BCUT2D eigenvalue weighted by Crippen LogP contribution is 1.85. The Morgan fingerprint density at radius 3 is 3.09 bits per heavy atom. The van der Waals surface area contributed by atoms with E-state index in [-0.39, 0.29) is 5.56 Å². The van der Waals surface area contributed by atoms with Gasteiger partial charge in [0, 0.05) is 13.1 Å². The van der Waals surface area contributed by atoms with Crippen LogP contribution in [-0.2, 0) is 13.6 Å². The Hall–Kier alpha value is -1.70. The van der Waals surface area contributed by atoms with E-state index in [1.165, 1.54) is 10.7 Å². The molecule has 1 rings (SSSR count). The highest BCUT2D eigenvalue weighted by atomic mass is 16.1. The number of hydrogen-bond acceptors (Lipinski definition) is 3. The van der Waals surface area contributed by atoms with Gasteiger partial charge in [-0.05, 0) is 0 Å². The zero-order chi connectivity index (χ0) is 8.27. The third-order valence-corrected chi connectivity index (χ3v) is 1.30. The topological polar surface area (TPSA) is 73.6 Å². The molecule has 0 saturated heterocycles. The fourth-order valence-electron chi connectivity index (χ4n) is 0.774. The lowest BCUT2D eigenvalue weighted by molar-refractivity contribution is 0.708. The first-order valence-electron chi connectivity index (χ1n) is 3.11. The van der Waals surface area contributed by atoms with Crippen molar-refractivity contribution in [3.05, 3.63) is 22.1 Å². The van der Waals surface area contributed by atoms with E-state index in [2.05, 4.69) is 10.4 Å². The van der Waals surface area contributed by atoms with Crippen LogP contribution in [0.25, 0.3) is 0 Å². The van der Waals surface area contributed by atoms with Gasteiger partial charge in [0.1, 0.15) is 0 Å². The fourth-order valence-corrected chi connectivity index (χ4v) is 0.774. The molecule has 0 radical (unpaired) electrons. The van der Waals surface area contributed by atoms with Crippen molar-refractivity contribution >= 4 is 0 Å². The van der Waals surface area contributed by atoms with Crippen molar-refractivity contribution in [3.63, 3.8) is 0 Å². The standard InChI is InChI=1S/C6H8N4O/c1-10-6(11)2-5(9-10)3-8-4-7/h2,8-9H,3H2,1H3. The molecule has 0 aromatic carbocycles. The molecule has 2 N–H and O–H groups in total. The lowest BCUT2D eigenvalue weighted by Crippen LogP contribution is -2.10. The summed E-state index contributed by atoms with van der Waals surface area (Å²) in [7, 11) is 1.62. The quantitative estimate of drug-likeness (QED) is 0.434. The third kappa shape index (κ3) is 1.61. The molecular formula is C6H8N4O. The number of aromatic nitrogens is 2. The second-order valence-electron chi connectivity index (χ2n) is 2.14. The summed E-state index contributed by atoms with van der Waals surface area (Å²) in [4.78, 5) is 10.8. The molecule has 58 valence electrons. The summed E-state index contributed by atoms with van der Waals surface area (Å²) in [6, 6.07) is 1.45. The van der Waals surface area contributed by atoms with Crippen LogP contribution in [0.3, 0.4) is 0 Å². The summed E-state index contributed by atoms with van der Waals surface area (Å²) < 4.78 is 1.36. The molecule has 1 aromatic rings. The molecule has 0 unspecified atom stereocenters. The first-order chi connectivity index (χ1) is 5.24. The molecule has 0 aliphatic carbocycles. The minimum absolute atomic E-state index is 0.0975. The van der Waals surface area contributed by atoms with Crippen LogP contribution in [0.1, 0.15) is 5.69 Å². The maximum atomic E-state index is 10.8. The lowest BCUT2D eigenvalue weighted by atomic mass is 10.4. The van der Waals surface area contributed by atoms with Gasteiger partial charge in [-0.2, -0.15) is 5.26 Å². The fraction of sp³-hybridized carbons (Fsp3) is 0.333. The van der Waals surface area contributed by atoms with Crippen LogP contribution in [0.2, 0.25) is 0 Å². The number of H-pyrrole nitrogens is 1. The Bertz CT molecular complexity index is 329. The molecule has 0 atom stereocenters. The van der Waals surface area contributed by atoms with Crippen molar-refractivity contribution in [1.29, 1.82) is 5.26 Å². The van der Waals surface area contributed by atoms with E-state index in [0.717, 1.165) is 0 Å². The third-order valence-electron chi connectivity index (χ3n) is 1.30. The Morgan fingerprint density at radius 2 is 2.64 bits per heavy atom. The van der Waals surface area contributed by atoms with Crippen LogP contribution < -0.4 is 10.9 Å². The van der Waals surface area contributed by atoms with Gasteiger partial charge in [0.15, 0.2) is 6.19 Å². The Kier molecular flexibility index (Phi) is 1.97. The molecule has 5 nitrogen and oxygen atoms in total. The normalized spacial score (nSPS) is 9.09. The number of aryl methyl sites for hydroxylation is 1. The van der Waals surface area contributed by atoms with Crippen molar-refractivity contribution in [3.8, 4) is 6.19 Å². The van der Waals surface area contributed by atoms with Crippen molar-refractivity contribution < 1.29 is 0 Å². The first kappa shape index (κ1) is 7.41. The molecule has 0 amide bonds. The molecule has 0 aliphatic rings. The van der Waals surface area contributed by atoms with E-state index >= 15 is 0 Å². The summed E-state index contributed by atoms with van der Waals surface area (Å²) >= 11 is 0. The van der Waals surface area contributed by atoms with Crippen molar-refractivity contribution in [2.75, 3.05) is 0 Å². The van der Waals surface area contributed by atoms with Crippen LogP contribution in [0.4, 0.5) is 0 Å². The van der Waals surface area contributed by atoms with Gasteiger partial charge in [-0.1, -0.05) is 0 Å². The predicted molar refractivity (Wildman–Crippen MR) is 38.5 cm³/mol. The van der Waals surface area contributed by atoms with E-state index in [1.807, 2.05) is 0 Å². The molecule has 0 spiro atoms. The molecule has 0 fully saturated rings. The SMILES string of the molecule is Cn1[nH]c(CNC#N)cc1=O. The van der Waals surface area contributed by atoms with Crippen LogP contribution in [0.5, 0.6) is 0 Å². The maximum absolute atomic E-state index is 10.8. The van der Waals surface area contributed by atoms with Gasteiger partial charge in [-0.25, -0.2) is 0 Å². The van der Waals surface area contributed by atoms with E-state index in [9.17, 15) is 4.79 Å². The Balaban J connectivity index is 2.75. The molecular weight excluding hydrogens is 144 g/mol. The van der Waals surface area contributed by atoms with E-state index in [4.69, 9.17) is 5.26 Å². The van der Waals surface area contributed by atoms with Gasteiger partial charge in [0.25, 0.3) is 5.56 Å². The van der Waals surface area contributed by atoms with E-state index < -0.39 is 0 Å². The summed E-state index contributed by atoms with van der Waals surface area (Å²) in [5.41, 5.74) is 0.610. The number of nitrogens with one attached hydrogen (secondary N) is 2. The Morgan fingerprint density at radius 1 is 1.91 bits per heavy atom. The lowest BCUT2D eigenvalue weighted by Gasteiger charge is -1.91. The van der Waals surface area contributed by atoms with Crippen molar-refractivity contribution in [1.82, 2.24) is 15.1 Å². The van der Waals surface area contributed by atoms with Gasteiger partial charge in [0.2, 0.25) is 0 Å². The summed E-state index contributed by atoms with van der Waals surface area (Å²) in [5, 5.41) is 13.3. The second kappa shape index (κ2) is 2.92. The van der Waals surface area contributed by atoms with Gasteiger partial charge >= 0.3 is 0 Å². The summed E-state index contributed by atoms with van der Waals surface area (Å²) in [6.45, 7) is 0.368. The molecule has 0 saturated carbocycles. The Labute approximate surface area is 63.2 Å². The number of nitriles is 1. The van der Waals surface area contributed by atoms with Gasteiger partial charge < -0.3 is 5.32 Å². The molecule has 1 heterocycles. The minimum atomic E-state index is -0.0975. The number of aromatic amines is 1. The van der Waals surface area contributed by atoms with Crippen LogP contribution in [-0.4, -0.2) is 9.78 Å². The highest BCUT2D eigenvalue weighted by molar-refractivity contribution is 4.99. The van der Waals surface area contributed by atoms with E-state index in [0.29, 0.717) is 12.2 Å². The van der Waals surface area contributed by atoms with Crippen LogP contribution in [0, 0.1) is 11.5 Å². The molecule has 5 heteroatoms. The zero-order valence-corrected chi connectivity index (χ0v) is 6.09. The number of nitrogens with zero attached hydrogens (tertiary/aromatic N) is 2. The zero-order valence-electron chi connectivity index (χ0n) is 6.09. The van der Waals surface area contributed by atoms with Crippen LogP contribution >= 0.6 is 0 Å². The van der Waals surface area contributed by atoms with Crippen molar-refractivity contribution in [2.45, 2.75) is 6.54 Å². The predicted octanol–water partition coefficient (Wildman–Crippen LogP) is -0.716. The highest BCUT2D eigenvalue weighted by Gasteiger charge is 1.96. The monoisotopic (exact) mass is 152 g/mol. The first-order valence-corrected chi connectivity index (χ1v) is 3.11. The maximum Gasteiger partial charge on any atom is 0.266 e. The minimum Gasteiger partial charge on any atom is -0.318 e. The number of rotatable bonds is 2. The van der Waals surface area contributed by atoms with Crippen molar-refractivity contribution in [2.24, 2.45) is 7.05 Å². The molecule has 1 aromatic heterocycles. The van der Waals surface area contributed by atoms with Crippen LogP contribution in [0.15, 0.2) is 10.9 Å². The second-order valence-corrected chi connectivity index (χ2v) is 2.14. The van der Waals surface area contributed by atoms with E-state index in [1.54, 1.807) is 13.2 Å². The molecule has 0 bridgehead atoms. The molecule has 11 heavy (non-hydrogen) atoms. The number of hydrogen-bond donors (Lipinski definition) is 2. The van der Waals surface area contributed by atoms with Gasteiger partial charge in [-0.3, -0.25) is 14.6 Å². The summed E-state index contributed by atoms with van der Waals surface area (Å²) in [6.07, 6.45) is 1.76. The van der Waals surface area contributed by atoms with Gasteiger partial charge in [0.05, 0.1) is 12.2 Å². The average Bonchev–Trinajstić information content (AvgIpc) is 2.28. The molecule has 0 aliphatic heterocycles. The largest absolute Gasteiger partial charge is 0.318 e. The average molecular weight is 152 g/mol. The summed E-state index contributed by atoms with van der Waals surface area (Å²) in [5.74, 6) is 0. The van der Waals surface area contributed by atoms with Gasteiger partial charge in [-0.15, -0.1) is 0 Å². The smallest absolute Gasteiger partial charge is 0.266 e.